The second-order valence-electron chi connectivity index (χ2n) is 5.08. The van der Waals surface area contributed by atoms with Gasteiger partial charge in [0.1, 0.15) is 11.5 Å². The van der Waals surface area contributed by atoms with E-state index in [1.807, 2.05) is 32.0 Å². The molecule has 0 spiro atoms. The molecule has 0 bridgehead atoms. The highest BCUT2D eigenvalue weighted by molar-refractivity contribution is 6.43. The summed E-state index contributed by atoms with van der Waals surface area (Å²) in [4.78, 5) is 0. The Bertz CT molecular complexity index is 656. The molecule has 2 rings (SSSR count). The van der Waals surface area contributed by atoms with Crippen molar-refractivity contribution in [1.82, 2.24) is 0 Å². The van der Waals surface area contributed by atoms with Crippen LogP contribution in [-0.4, -0.2) is 6.04 Å². The van der Waals surface area contributed by atoms with E-state index in [2.05, 4.69) is 0 Å². The maximum atomic E-state index is 6.14. The molecule has 0 saturated carbocycles. The second kappa shape index (κ2) is 6.89. The Kier molecular flexibility index (Phi) is 5.39. The van der Waals surface area contributed by atoms with Crippen LogP contribution in [-0.2, 0) is 6.42 Å². The van der Waals surface area contributed by atoms with Gasteiger partial charge in [0.05, 0.1) is 15.1 Å². The lowest BCUT2D eigenvalue weighted by atomic mass is 10.1. The van der Waals surface area contributed by atoms with Gasteiger partial charge in [-0.15, -0.1) is 0 Å². The Morgan fingerprint density at radius 3 is 2.33 bits per heavy atom. The van der Waals surface area contributed by atoms with Crippen molar-refractivity contribution in [2.45, 2.75) is 26.3 Å². The fourth-order valence-electron chi connectivity index (χ4n) is 1.95. The number of hydrogen-bond acceptors (Lipinski definition) is 2. The van der Waals surface area contributed by atoms with Gasteiger partial charge in [-0.05, 0) is 43.5 Å². The lowest BCUT2D eigenvalue weighted by Gasteiger charge is -2.13. The molecule has 1 unspecified atom stereocenters. The SMILES string of the molecule is Cc1ccc(CC(C)N)cc1Oc1cc(Cl)c(Cl)cc1Cl. The number of nitrogens with two attached hydrogens (primary N) is 1. The van der Waals surface area contributed by atoms with Crippen LogP contribution in [0.3, 0.4) is 0 Å². The van der Waals surface area contributed by atoms with Crippen molar-refractivity contribution in [3.63, 3.8) is 0 Å². The lowest BCUT2D eigenvalue weighted by Crippen LogP contribution is -2.17. The van der Waals surface area contributed by atoms with Crippen molar-refractivity contribution < 1.29 is 4.74 Å². The first kappa shape index (κ1) is 16.4. The minimum absolute atomic E-state index is 0.0918. The third-order valence-electron chi connectivity index (χ3n) is 3.00. The van der Waals surface area contributed by atoms with E-state index in [1.165, 1.54) is 0 Å². The van der Waals surface area contributed by atoms with Crippen LogP contribution in [0.2, 0.25) is 15.1 Å². The van der Waals surface area contributed by atoms with E-state index in [-0.39, 0.29) is 6.04 Å². The predicted molar refractivity (Wildman–Crippen MR) is 90.1 cm³/mol. The van der Waals surface area contributed by atoms with Gasteiger partial charge in [0.25, 0.3) is 0 Å². The normalized spacial score (nSPS) is 12.3. The zero-order valence-electron chi connectivity index (χ0n) is 11.8. The van der Waals surface area contributed by atoms with E-state index in [4.69, 9.17) is 45.3 Å². The number of benzene rings is 2. The summed E-state index contributed by atoms with van der Waals surface area (Å²) in [5.41, 5.74) is 7.95. The van der Waals surface area contributed by atoms with Gasteiger partial charge in [-0.2, -0.15) is 0 Å². The molecule has 5 heteroatoms. The molecule has 21 heavy (non-hydrogen) atoms. The predicted octanol–water partition coefficient (Wildman–Crippen LogP) is 5.64. The van der Waals surface area contributed by atoms with Gasteiger partial charge in [-0.1, -0.05) is 46.9 Å². The molecule has 0 saturated heterocycles. The van der Waals surface area contributed by atoms with Gasteiger partial charge in [0.2, 0.25) is 0 Å². The van der Waals surface area contributed by atoms with E-state index in [9.17, 15) is 0 Å². The van der Waals surface area contributed by atoms with Crippen LogP contribution in [0.15, 0.2) is 30.3 Å². The van der Waals surface area contributed by atoms with E-state index in [1.54, 1.807) is 12.1 Å². The number of aryl methyl sites for hydroxylation is 1. The Morgan fingerprint density at radius 1 is 1.00 bits per heavy atom. The first-order valence-corrected chi connectivity index (χ1v) is 7.67. The first-order valence-electron chi connectivity index (χ1n) is 6.54. The van der Waals surface area contributed by atoms with Crippen LogP contribution in [0.25, 0.3) is 0 Å². The van der Waals surface area contributed by atoms with Crippen LogP contribution < -0.4 is 10.5 Å². The van der Waals surface area contributed by atoms with Gasteiger partial charge < -0.3 is 10.5 Å². The van der Waals surface area contributed by atoms with Gasteiger partial charge >= 0.3 is 0 Å². The molecule has 0 aromatic heterocycles. The summed E-state index contributed by atoms with van der Waals surface area (Å²) in [5, 5.41) is 1.22. The second-order valence-corrected chi connectivity index (χ2v) is 6.30. The molecule has 0 aliphatic carbocycles. The summed E-state index contributed by atoms with van der Waals surface area (Å²) in [6, 6.07) is 9.29. The Morgan fingerprint density at radius 2 is 1.67 bits per heavy atom. The lowest BCUT2D eigenvalue weighted by molar-refractivity contribution is 0.478. The average Bonchev–Trinajstić information content (AvgIpc) is 2.39. The average molecular weight is 345 g/mol. The minimum Gasteiger partial charge on any atom is -0.455 e. The van der Waals surface area contributed by atoms with Crippen LogP contribution in [0.4, 0.5) is 0 Å². The van der Waals surface area contributed by atoms with Crippen LogP contribution in [0, 0.1) is 6.92 Å². The fraction of sp³-hybridized carbons (Fsp3) is 0.250. The van der Waals surface area contributed by atoms with Gasteiger partial charge in [0, 0.05) is 12.1 Å². The van der Waals surface area contributed by atoms with E-state index >= 15 is 0 Å². The highest BCUT2D eigenvalue weighted by Gasteiger charge is 2.10. The summed E-state index contributed by atoms with van der Waals surface area (Å²) < 4.78 is 5.88. The maximum absolute atomic E-state index is 6.14. The molecule has 1 atom stereocenters. The zero-order valence-corrected chi connectivity index (χ0v) is 14.1. The molecule has 0 heterocycles. The fourth-order valence-corrected chi connectivity index (χ4v) is 2.53. The molecule has 2 N–H and O–H groups in total. The third-order valence-corrected chi connectivity index (χ3v) is 4.02. The van der Waals surface area contributed by atoms with Crippen molar-refractivity contribution in [3.8, 4) is 11.5 Å². The summed E-state index contributed by atoms with van der Waals surface area (Å²) in [5.74, 6) is 1.21. The van der Waals surface area contributed by atoms with Crippen molar-refractivity contribution in [2.24, 2.45) is 5.73 Å². The van der Waals surface area contributed by atoms with Crippen molar-refractivity contribution >= 4 is 34.8 Å². The maximum Gasteiger partial charge on any atom is 0.147 e. The summed E-state index contributed by atoms with van der Waals surface area (Å²) in [6.45, 7) is 3.94. The standard InChI is InChI=1S/C16H16Cl3NO/c1-9-3-4-11(5-10(2)20)6-15(9)21-16-8-13(18)12(17)7-14(16)19/h3-4,6-8,10H,5,20H2,1-2H3. The zero-order chi connectivity index (χ0) is 15.6. The van der Waals surface area contributed by atoms with Crippen molar-refractivity contribution in [1.29, 1.82) is 0 Å². The van der Waals surface area contributed by atoms with Gasteiger partial charge in [-0.3, -0.25) is 0 Å². The first-order chi connectivity index (χ1) is 9.86. The van der Waals surface area contributed by atoms with Crippen LogP contribution in [0.1, 0.15) is 18.1 Å². The van der Waals surface area contributed by atoms with E-state index < -0.39 is 0 Å². The summed E-state index contributed by atoms with van der Waals surface area (Å²) >= 11 is 18.1. The monoisotopic (exact) mass is 343 g/mol. The van der Waals surface area contributed by atoms with Gasteiger partial charge in [0.15, 0.2) is 0 Å². The highest BCUT2D eigenvalue weighted by Crippen LogP contribution is 2.37. The number of hydrogen-bond donors (Lipinski definition) is 1. The van der Waals surface area contributed by atoms with Gasteiger partial charge in [-0.25, -0.2) is 0 Å². The largest absolute Gasteiger partial charge is 0.455 e. The van der Waals surface area contributed by atoms with Crippen molar-refractivity contribution in [3.05, 3.63) is 56.5 Å². The molecule has 2 nitrogen and oxygen atoms in total. The molecule has 2 aromatic carbocycles. The van der Waals surface area contributed by atoms with Crippen LogP contribution >= 0.6 is 34.8 Å². The van der Waals surface area contributed by atoms with E-state index in [0.29, 0.717) is 20.8 Å². The minimum atomic E-state index is 0.0918. The molecular weight excluding hydrogens is 329 g/mol. The summed E-state index contributed by atoms with van der Waals surface area (Å²) in [6.07, 6.45) is 0.783. The molecule has 0 fully saturated rings. The Hall–Kier alpha value is -0.930. The Balaban J connectivity index is 2.32. The smallest absolute Gasteiger partial charge is 0.147 e. The third kappa shape index (κ3) is 4.27. The van der Waals surface area contributed by atoms with E-state index in [0.717, 1.165) is 23.3 Å². The number of halogens is 3. The molecule has 112 valence electrons. The van der Waals surface area contributed by atoms with Crippen molar-refractivity contribution in [2.75, 3.05) is 0 Å². The summed E-state index contributed by atoms with van der Waals surface area (Å²) in [7, 11) is 0. The molecule has 0 radical (unpaired) electrons. The molecule has 0 amide bonds. The molecule has 2 aromatic rings. The molecule has 0 aliphatic heterocycles. The highest BCUT2D eigenvalue weighted by atomic mass is 35.5. The quantitative estimate of drug-likeness (QED) is 0.729. The Labute approximate surface area is 139 Å². The topological polar surface area (TPSA) is 35.2 Å². The van der Waals surface area contributed by atoms with Crippen LogP contribution in [0.5, 0.6) is 11.5 Å². The number of rotatable bonds is 4. The molecule has 0 aliphatic rings. The molecular formula is C16H16Cl3NO. The number of ether oxygens (including phenoxy) is 1.